The average molecular weight is 352 g/mol. The van der Waals surface area contributed by atoms with Gasteiger partial charge >= 0.3 is 5.97 Å². The van der Waals surface area contributed by atoms with Gasteiger partial charge in [-0.15, -0.1) is 11.3 Å². The normalized spacial score (nSPS) is 18.8. The van der Waals surface area contributed by atoms with Crippen LogP contribution in [0, 0.1) is 0 Å². The maximum atomic E-state index is 11.5. The van der Waals surface area contributed by atoms with Crippen molar-refractivity contribution in [1.29, 1.82) is 0 Å². The lowest BCUT2D eigenvalue weighted by Crippen LogP contribution is -2.44. The minimum Gasteiger partial charge on any atom is -0.480 e. The van der Waals surface area contributed by atoms with Crippen LogP contribution in [0.25, 0.3) is 0 Å². The summed E-state index contributed by atoms with van der Waals surface area (Å²) in [6.07, 6.45) is 0.581. The molecule has 5 heteroatoms. The van der Waals surface area contributed by atoms with Gasteiger partial charge in [-0.05, 0) is 39.5 Å². The van der Waals surface area contributed by atoms with Crippen LogP contribution in [0.4, 0.5) is 0 Å². The van der Waals surface area contributed by atoms with Crippen LogP contribution < -0.4 is 0 Å². The molecule has 1 aromatic heterocycles. The first-order chi connectivity index (χ1) is 9.63. The van der Waals surface area contributed by atoms with Crippen molar-refractivity contribution in [2.24, 2.45) is 0 Å². The van der Waals surface area contributed by atoms with Gasteiger partial charge in [-0.1, -0.05) is 24.3 Å². The van der Waals surface area contributed by atoms with Crippen LogP contribution in [0.15, 0.2) is 40.2 Å². The van der Waals surface area contributed by atoms with Crippen molar-refractivity contribution in [3.05, 3.63) is 56.2 Å². The Kier molecular flexibility index (Phi) is 3.92. The average Bonchev–Trinajstić information content (AvgIpc) is 2.83. The topological polar surface area (TPSA) is 40.5 Å². The van der Waals surface area contributed by atoms with Crippen LogP contribution in [0.2, 0.25) is 0 Å². The summed E-state index contributed by atoms with van der Waals surface area (Å²) in [4.78, 5) is 14.7. The second-order valence-electron chi connectivity index (χ2n) is 4.96. The Morgan fingerprint density at radius 2 is 2.15 bits per heavy atom. The molecule has 20 heavy (non-hydrogen) atoms. The summed E-state index contributed by atoms with van der Waals surface area (Å²) in [5.41, 5.74) is 2.39. The highest BCUT2D eigenvalue weighted by atomic mass is 79.9. The number of fused-ring (bicyclic) bond motifs is 1. The number of carbonyl (C=O) groups is 1. The molecule has 3 nitrogen and oxygen atoms in total. The molecule has 1 aliphatic rings. The predicted molar refractivity (Wildman–Crippen MR) is 82.8 cm³/mol. The molecule has 3 rings (SSSR count). The fourth-order valence-electron chi connectivity index (χ4n) is 2.62. The fourth-order valence-corrected chi connectivity index (χ4v) is 4.10. The van der Waals surface area contributed by atoms with Gasteiger partial charge in [0, 0.05) is 27.8 Å². The minimum atomic E-state index is -0.741. The number of benzene rings is 1. The number of halogens is 1. The van der Waals surface area contributed by atoms with Crippen LogP contribution in [-0.2, 0) is 24.3 Å². The van der Waals surface area contributed by atoms with E-state index in [0.717, 1.165) is 10.0 Å². The minimum absolute atomic E-state index is 0.439. The molecule has 1 N–H and O–H groups in total. The molecule has 1 aliphatic heterocycles. The number of hydrogen-bond donors (Lipinski definition) is 1. The molecule has 1 atom stereocenters. The highest BCUT2D eigenvalue weighted by molar-refractivity contribution is 9.10. The highest BCUT2D eigenvalue weighted by Gasteiger charge is 2.31. The van der Waals surface area contributed by atoms with Crippen molar-refractivity contribution in [3.8, 4) is 0 Å². The van der Waals surface area contributed by atoms with Gasteiger partial charge in [0.1, 0.15) is 6.04 Å². The zero-order valence-electron chi connectivity index (χ0n) is 10.8. The van der Waals surface area contributed by atoms with E-state index >= 15 is 0 Å². The third-order valence-electron chi connectivity index (χ3n) is 3.61. The monoisotopic (exact) mass is 351 g/mol. The van der Waals surface area contributed by atoms with E-state index in [9.17, 15) is 9.90 Å². The predicted octanol–water partition coefficient (Wildman–Crippen LogP) is 3.52. The van der Waals surface area contributed by atoms with Crippen molar-refractivity contribution < 1.29 is 9.90 Å². The zero-order valence-corrected chi connectivity index (χ0v) is 13.2. The third kappa shape index (κ3) is 2.80. The molecule has 2 heterocycles. The van der Waals surface area contributed by atoms with Gasteiger partial charge < -0.3 is 5.11 Å². The molecular formula is C15H14BrNO2S. The molecule has 0 saturated heterocycles. The summed E-state index contributed by atoms with van der Waals surface area (Å²) < 4.78 is 1.06. The number of rotatable bonds is 3. The number of nitrogens with zero attached hydrogens (tertiary/aromatic N) is 1. The van der Waals surface area contributed by atoms with Gasteiger partial charge in [0.15, 0.2) is 0 Å². The van der Waals surface area contributed by atoms with Gasteiger partial charge in [-0.3, -0.25) is 9.69 Å². The summed E-state index contributed by atoms with van der Waals surface area (Å²) >= 11 is 5.10. The number of thiophene rings is 1. The summed E-state index contributed by atoms with van der Waals surface area (Å²) in [6.45, 7) is 1.38. The van der Waals surface area contributed by atoms with Gasteiger partial charge in [0.05, 0.1) is 0 Å². The Bertz CT molecular complexity index is 640. The molecular weight excluding hydrogens is 338 g/mol. The fraction of sp³-hybridized carbons (Fsp3) is 0.267. The van der Waals surface area contributed by atoms with Gasteiger partial charge in [-0.2, -0.15) is 0 Å². The third-order valence-corrected chi connectivity index (χ3v) is 5.29. The Morgan fingerprint density at radius 3 is 2.80 bits per heavy atom. The zero-order chi connectivity index (χ0) is 14.1. The van der Waals surface area contributed by atoms with Crippen LogP contribution in [0.1, 0.15) is 16.0 Å². The maximum Gasteiger partial charge on any atom is 0.321 e. The first-order valence-electron chi connectivity index (χ1n) is 6.40. The van der Waals surface area contributed by atoms with E-state index in [1.807, 2.05) is 28.5 Å². The van der Waals surface area contributed by atoms with Crippen LogP contribution >= 0.6 is 27.3 Å². The van der Waals surface area contributed by atoms with Gasteiger partial charge in [-0.25, -0.2) is 0 Å². The van der Waals surface area contributed by atoms with E-state index in [1.165, 1.54) is 10.4 Å². The van der Waals surface area contributed by atoms with Gasteiger partial charge in [0.25, 0.3) is 0 Å². The molecule has 1 unspecified atom stereocenters. The molecule has 0 spiro atoms. The summed E-state index contributed by atoms with van der Waals surface area (Å²) in [7, 11) is 0. The summed E-state index contributed by atoms with van der Waals surface area (Å²) in [5.74, 6) is -0.741. The van der Waals surface area contributed by atoms with E-state index in [1.54, 1.807) is 11.3 Å². The highest BCUT2D eigenvalue weighted by Crippen LogP contribution is 2.27. The van der Waals surface area contributed by atoms with Crippen LogP contribution in [0.3, 0.4) is 0 Å². The molecule has 104 valence electrons. The standard InChI is InChI=1S/C15H14BrNO2S/c16-12-6-13(20-9-12)8-17-7-11-4-2-1-3-10(11)5-14(17)15(18)19/h1-4,6,9,14H,5,7-8H2,(H,18,19). The first kappa shape index (κ1) is 13.8. The molecule has 2 aromatic rings. The Hall–Kier alpha value is -1.17. The second-order valence-corrected chi connectivity index (χ2v) is 6.87. The summed E-state index contributed by atoms with van der Waals surface area (Å²) in [5, 5.41) is 11.5. The van der Waals surface area contributed by atoms with Crippen molar-refractivity contribution in [2.75, 3.05) is 0 Å². The van der Waals surface area contributed by atoms with E-state index < -0.39 is 12.0 Å². The van der Waals surface area contributed by atoms with E-state index in [0.29, 0.717) is 19.5 Å². The Balaban J connectivity index is 1.86. The van der Waals surface area contributed by atoms with E-state index in [4.69, 9.17) is 0 Å². The van der Waals surface area contributed by atoms with Crippen LogP contribution in [-0.4, -0.2) is 22.0 Å². The maximum absolute atomic E-state index is 11.5. The molecule has 0 aliphatic carbocycles. The molecule has 0 radical (unpaired) electrons. The lowest BCUT2D eigenvalue weighted by molar-refractivity contribution is -0.144. The van der Waals surface area contributed by atoms with E-state index in [-0.39, 0.29) is 0 Å². The smallest absolute Gasteiger partial charge is 0.321 e. The summed E-state index contributed by atoms with van der Waals surface area (Å²) in [6, 6.07) is 9.73. The number of carboxylic acids is 1. The van der Waals surface area contributed by atoms with Crippen molar-refractivity contribution in [1.82, 2.24) is 4.90 Å². The second kappa shape index (κ2) is 5.68. The molecule has 0 fully saturated rings. The largest absolute Gasteiger partial charge is 0.480 e. The number of aliphatic carboxylic acids is 1. The van der Waals surface area contributed by atoms with Crippen LogP contribution in [0.5, 0.6) is 0 Å². The number of carboxylic acid groups (broad SMARTS) is 1. The van der Waals surface area contributed by atoms with Gasteiger partial charge in [0.2, 0.25) is 0 Å². The van der Waals surface area contributed by atoms with Crippen molar-refractivity contribution in [3.63, 3.8) is 0 Å². The quantitative estimate of drug-likeness (QED) is 0.919. The first-order valence-corrected chi connectivity index (χ1v) is 8.07. The Labute approximate surface area is 130 Å². The van der Waals surface area contributed by atoms with E-state index in [2.05, 4.69) is 28.1 Å². The van der Waals surface area contributed by atoms with Crippen molar-refractivity contribution >= 4 is 33.2 Å². The molecule has 0 bridgehead atoms. The van der Waals surface area contributed by atoms with Crippen molar-refractivity contribution in [2.45, 2.75) is 25.6 Å². The lowest BCUT2D eigenvalue weighted by Gasteiger charge is -2.34. The molecule has 0 amide bonds. The number of hydrogen-bond acceptors (Lipinski definition) is 3. The molecule has 0 saturated carbocycles. The Morgan fingerprint density at radius 1 is 1.40 bits per heavy atom. The lowest BCUT2D eigenvalue weighted by atomic mass is 9.94. The SMILES string of the molecule is O=C(O)C1Cc2ccccc2CN1Cc1cc(Br)cs1. The molecule has 1 aromatic carbocycles.